The van der Waals surface area contributed by atoms with E-state index in [9.17, 15) is 4.79 Å². The van der Waals surface area contributed by atoms with Crippen molar-refractivity contribution in [2.24, 2.45) is 0 Å². The molecule has 90 valence electrons. The Labute approximate surface area is 93.6 Å². The Hall–Kier alpha value is -0.570. The van der Waals surface area contributed by atoms with Gasteiger partial charge >= 0.3 is 5.97 Å². The van der Waals surface area contributed by atoms with Gasteiger partial charge in [0.2, 0.25) is 0 Å². The minimum Gasteiger partial charge on any atom is -0.468 e. The summed E-state index contributed by atoms with van der Waals surface area (Å²) in [5, 5.41) is 3.15. The number of hydrogen-bond donors (Lipinski definition) is 1. The van der Waals surface area contributed by atoms with Crippen LogP contribution in [0.5, 0.6) is 0 Å². The van der Waals surface area contributed by atoms with E-state index in [-0.39, 0.29) is 12.0 Å². The first-order chi connectivity index (χ1) is 7.22. The normalized spacial score (nSPS) is 12.5. The van der Waals surface area contributed by atoms with Crippen LogP contribution in [-0.4, -0.2) is 25.7 Å². The zero-order valence-electron chi connectivity index (χ0n) is 10.3. The fourth-order valence-corrected chi connectivity index (χ4v) is 1.48. The van der Waals surface area contributed by atoms with Crippen LogP contribution in [0.4, 0.5) is 0 Å². The Bertz CT molecular complexity index is 160. The molecule has 0 heterocycles. The molecular weight excluding hydrogens is 190 g/mol. The van der Waals surface area contributed by atoms with Gasteiger partial charge in [-0.05, 0) is 19.9 Å². The van der Waals surface area contributed by atoms with Crippen molar-refractivity contribution in [2.75, 3.05) is 13.7 Å². The second-order valence-electron chi connectivity index (χ2n) is 3.97. The number of ether oxygens (including phenoxy) is 1. The lowest BCUT2D eigenvalue weighted by molar-refractivity contribution is -0.142. The van der Waals surface area contributed by atoms with Crippen LogP contribution in [0.15, 0.2) is 0 Å². The van der Waals surface area contributed by atoms with Gasteiger partial charge in [0.1, 0.15) is 6.04 Å². The summed E-state index contributed by atoms with van der Waals surface area (Å²) in [6.45, 7) is 4.96. The molecule has 0 amide bonds. The molecule has 15 heavy (non-hydrogen) atoms. The van der Waals surface area contributed by atoms with Gasteiger partial charge in [-0.1, -0.05) is 39.0 Å². The van der Waals surface area contributed by atoms with Gasteiger partial charge in [-0.25, -0.2) is 0 Å². The van der Waals surface area contributed by atoms with Crippen molar-refractivity contribution in [3.63, 3.8) is 0 Å². The number of esters is 1. The van der Waals surface area contributed by atoms with Gasteiger partial charge in [0, 0.05) is 0 Å². The zero-order chi connectivity index (χ0) is 11.5. The van der Waals surface area contributed by atoms with Crippen LogP contribution >= 0.6 is 0 Å². The molecule has 0 saturated heterocycles. The fraction of sp³-hybridized carbons (Fsp3) is 0.917. The highest BCUT2D eigenvalue weighted by Gasteiger charge is 2.10. The van der Waals surface area contributed by atoms with Crippen molar-refractivity contribution < 1.29 is 9.53 Å². The van der Waals surface area contributed by atoms with Crippen LogP contribution < -0.4 is 5.32 Å². The molecule has 0 aromatic rings. The number of hydrogen-bond acceptors (Lipinski definition) is 3. The smallest absolute Gasteiger partial charge is 0.322 e. The molecule has 0 rings (SSSR count). The van der Waals surface area contributed by atoms with E-state index < -0.39 is 0 Å². The standard InChI is InChI=1S/C12H25NO2/c1-4-5-6-7-8-9-10-13-11(2)12(14)15-3/h11,13H,4-10H2,1-3H3. The number of nitrogens with one attached hydrogen (secondary N) is 1. The molecule has 1 unspecified atom stereocenters. The maximum Gasteiger partial charge on any atom is 0.322 e. The Morgan fingerprint density at radius 2 is 1.80 bits per heavy atom. The SMILES string of the molecule is CCCCCCCCNC(C)C(=O)OC. The van der Waals surface area contributed by atoms with E-state index in [0.29, 0.717) is 0 Å². The molecule has 0 aliphatic heterocycles. The molecule has 0 spiro atoms. The fourth-order valence-electron chi connectivity index (χ4n) is 1.48. The Morgan fingerprint density at radius 1 is 1.20 bits per heavy atom. The van der Waals surface area contributed by atoms with Crippen molar-refractivity contribution >= 4 is 5.97 Å². The summed E-state index contributed by atoms with van der Waals surface area (Å²) in [7, 11) is 1.42. The van der Waals surface area contributed by atoms with E-state index in [4.69, 9.17) is 0 Å². The first-order valence-electron chi connectivity index (χ1n) is 6.03. The van der Waals surface area contributed by atoms with Crippen LogP contribution in [0.25, 0.3) is 0 Å². The van der Waals surface area contributed by atoms with Crippen molar-refractivity contribution in [2.45, 2.75) is 58.4 Å². The van der Waals surface area contributed by atoms with Gasteiger partial charge in [0.05, 0.1) is 7.11 Å². The molecule has 0 aromatic heterocycles. The van der Waals surface area contributed by atoms with Crippen LogP contribution in [0.2, 0.25) is 0 Å². The molecule has 3 heteroatoms. The van der Waals surface area contributed by atoms with Gasteiger partial charge < -0.3 is 10.1 Å². The predicted molar refractivity (Wildman–Crippen MR) is 62.9 cm³/mol. The molecule has 0 aliphatic carbocycles. The Balaban J connectivity index is 3.20. The van der Waals surface area contributed by atoms with E-state index in [0.717, 1.165) is 13.0 Å². The minimum atomic E-state index is -0.180. The lowest BCUT2D eigenvalue weighted by Crippen LogP contribution is -2.35. The minimum absolute atomic E-state index is 0.175. The number of carbonyl (C=O) groups excluding carboxylic acids is 1. The average Bonchev–Trinajstić information content (AvgIpc) is 2.26. The summed E-state index contributed by atoms with van der Waals surface area (Å²) in [6, 6.07) is -0.175. The summed E-state index contributed by atoms with van der Waals surface area (Å²) in [4.78, 5) is 11.0. The molecule has 0 saturated carbocycles. The summed E-state index contributed by atoms with van der Waals surface area (Å²) in [5.41, 5.74) is 0. The van der Waals surface area contributed by atoms with E-state index in [1.165, 1.54) is 39.2 Å². The zero-order valence-corrected chi connectivity index (χ0v) is 10.3. The highest BCUT2D eigenvalue weighted by atomic mass is 16.5. The molecule has 0 aliphatic rings. The third-order valence-corrected chi connectivity index (χ3v) is 2.54. The number of unbranched alkanes of at least 4 members (excludes halogenated alkanes) is 5. The molecule has 1 N–H and O–H groups in total. The summed E-state index contributed by atoms with van der Waals surface area (Å²) in [6.07, 6.45) is 7.67. The highest BCUT2D eigenvalue weighted by molar-refractivity contribution is 5.74. The molecule has 0 bridgehead atoms. The Morgan fingerprint density at radius 3 is 2.40 bits per heavy atom. The van der Waals surface area contributed by atoms with Crippen molar-refractivity contribution in [3.8, 4) is 0 Å². The van der Waals surface area contributed by atoms with E-state index in [1.807, 2.05) is 6.92 Å². The first kappa shape index (κ1) is 14.4. The summed E-state index contributed by atoms with van der Waals surface area (Å²) in [5.74, 6) is -0.180. The maximum absolute atomic E-state index is 11.0. The lowest BCUT2D eigenvalue weighted by atomic mass is 10.1. The third kappa shape index (κ3) is 8.43. The predicted octanol–water partition coefficient (Wildman–Crippen LogP) is 2.50. The van der Waals surface area contributed by atoms with Gasteiger partial charge in [-0.2, -0.15) is 0 Å². The maximum atomic E-state index is 11.0. The number of carbonyl (C=O) groups is 1. The topological polar surface area (TPSA) is 38.3 Å². The first-order valence-corrected chi connectivity index (χ1v) is 6.03. The number of rotatable bonds is 9. The van der Waals surface area contributed by atoms with E-state index in [1.54, 1.807) is 0 Å². The van der Waals surface area contributed by atoms with E-state index in [2.05, 4.69) is 17.0 Å². The van der Waals surface area contributed by atoms with Gasteiger partial charge in [0.15, 0.2) is 0 Å². The third-order valence-electron chi connectivity index (χ3n) is 2.54. The Kier molecular flexibility index (Phi) is 9.59. The van der Waals surface area contributed by atoms with Crippen LogP contribution in [0, 0.1) is 0 Å². The largest absolute Gasteiger partial charge is 0.468 e. The van der Waals surface area contributed by atoms with Gasteiger partial charge in [0.25, 0.3) is 0 Å². The molecule has 3 nitrogen and oxygen atoms in total. The molecule has 1 atom stereocenters. The van der Waals surface area contributed by atoms with Gasteiger partial charge in [-0.3, -0.25) is 4.79 Å². The average molecular weight is 215 g/mol. The van der Waals surface area contributed by atoms with Crippen LogP contribution in [0.1, 0.15) is 52.4 Å². The van der Waals surface area contributed by atoms with Crippen molar-refractivity contribution in [3.05, 3.63) is 0 Å². The summed E-state index contributed by atoms with van der Waals surface area (Å²) >= 11 is 0. The molecule has 0 radical (unpaired) electrons. The van der Waals surface area contributed by atoms with Crippen molar-refractivity contribution in [1.29, 1.82) is 0 Å². The van der Waals surface area contributed by atoms with Crippen LogP contribution in [-0.2, 0) is 9.53 Å². The number of methoxy groups -OCH3 is 1. The van der Waals surface area contributed by atoms with Gasteiger partial charge in [-0.15, -0.1) is 0 Å². The van der Waals surface area contributed by atoms with E-state index >= 15 is 0 Å². The second-order valence-corrected chi connectivity index (χ2v) is 3.97. The monoisotopic (exact) mass is 215 g/mol. The summed E-state index contributed by atoms with van der Waals surface area (Å²) < 4.78 is 4.62. The molecule has 0 fully saturated rings. The quantitative estimate of drug-likeness (QED) is 0.474. The second kappa shape index (κ2) is 9.97. The van der Waals surface area contributed by atoms with Crippen molar-refractivity contribution in [1.82, 2.24) is 5.32 Å². The molecule has 0 aromatic carbocycles. The lowest BCUT2D eigenvalue weighted by Gasteiger charge is -2.10. The van der Waals surface area contributed by atoms with Crippen LogP contribution in [0.3, 0.4) is 0 Å². The molecular formula is C12H25NO2. The highest BCUT2D eigenvalue weighted by Crippen LogP contribution is 2.04.